The summed E-state index contributed by atoms with van der Waals surface area (Å²) in [6, 6.07) is 0. The fraction of sp³-hybridized carbons (Fsp3) is 0.286. The van der Waals surface area contributed by atoms with E-state index in [1.54, 1.807) is 6.92 Å². The largest absolute Gasteiger partial charge is 0.453 e. The number of amides is 1. The first-order valence-corrected chi connectivity index (χ1v) is 12.1. The lowest BCUT2D eigenvalue weighted by Crippen LogP contribution is -2.16. The van der Waals surface area contributed by atoms with Crippen molar-refractivity contribution in [1.82, 2.24) is 9.97 Å². The van der Waals surface area contributed by atoms with Crippen LogP contribution in [0.4, 0.5) is 10.7 Å². The van der Waals surface area contributed by atoms with E-state index in [-0.39, 0.29) is 5.95 Å². The van der Waals surface area contributed by atoms with Crippen LogP contribution in [0, 0.1) is 6.92 Å². The molecule has 1 rings (SSSR count). The minimum atomic E-state index is -2.27. The fourth-order valence-electron chi connectivity index (χ4n) is 1.10. The van der Waals surface area contributed by atoms with E-state index < -0.39 is 20.3 Å². The van der Waals surface area contributed by atoms with Gasteiger partial charge >= 0.3 is 6.09 Å². The van der Waals surface area contributed by atoms with E-state index in [2.05, 4.69) is 31.7 Å². The van der Waals surface area contributed by atoms with Crippen LogP contribution in [-0.4, -0.2) is 23.2 Å². The number of thiol groups is 1. The van der Waals surface area contributed by atoms with Crippen LogP contribution in [0.25, 0.3) is 0 Å². The number of ether oxygens (including phenoxy) is 1. The number of aromatic nitrogens is 2. The Balaban J connectivity index is 3.53. The number of rotatable bonds is 3. The van der Waals surface area contributed by atoms with Gasteiger partial charge in [-0.3, -0.25) is 27.7 Å². The van der Waals surface area contributed by atoms with Crippen molar-refractivity contribution in [3.05, 3.63) is 5.69 Å². The standard InChI is InChI=1S/C7H8N3O2S7/c1-3-4(18(13)14)5(19(15,16)17)9-6(8-3)10-7(11)12-2/h1-2H3,(H,15,16,17)(H,8,9,10,11)/q-1. The molecular weight excluding hydrogens is 383 g/mol. The summed E-state index contributed by atoms with van der Waals surface area (Å²) in [5, 5.41) is 2.69. The van der Waals surface area contributed by atoms with Crippen LogP contribution in [0.3, 0.4) is 0 Å². The number of hydrogen-bond acceptors (Lipinski definition) is 9. The van der Waals surface area contributed by atoms with E-state index in [4.69, 9.17) is 44.8 Å². The molecule has 0 aliphatic carbocycles. The van der Waals surface area contributed by atoms with Crippen molar-refractivity contribution < 1.29 is 9.53 Å². The number of aryl methyl sites for hydroxylation is 1. The van der Waals surface area contributed by atoms with Crippen LogP contribution in [0.1, 0.15) is 5.69 Å². The monoisotopic (exact) mass is 390 g/mol. The Morgan fingerprint density at radius 1 is 1.42 bits per heavy atom. The highest BCUT2D eigenvalue weighted by Gasteiger charge is 2.13. The van der Waals surface area contributed by atoms with E-state index in [1.807, 2.05) is 0 Å². The molecule has 0 fully saturated rings. The second-order valence-corrected chi connectivity index (χ2v) is 14.7. The van der Waals surface area contributed by atoms with Gasteiger partial charge < -0.3 is 12.8 Å². The normalized spacial score (nSPS) is 11.4. The summed E-state index contributed by atoms with van der Waals surface area (Å²) in [5.74, 6) is 0.0409. The molecule has 1 amide bonds. The molecule has 0 atom stereocenters. The van der Waals surface area contributed by atoms with Gasteiger partial charge in [-0.05, 0) is 29.3 Å². The molecule has 0 spiro atoms. The average Bonchev–Trinajstić information content (AvgIpc) is 2.26. The second kappa shape index (κ2) is 6.83. The first-order chi connectivity index (χ1) is 8.66. The van der Waals surface area contributed by atoms with E-state index in [0.717, 1.165) is 0 Å². The van der Waals surface area contributed by atoms with Gasteiger partial charge in [-0.15, -0.1) is 0 Å². The molecule has 106 valence electrons. The lowest BCUT2D eigenvalue weighted by molar-refractivity contribution is 0.186. The van der Waals surface area contributed by atoms with Gasteiger partial charge in [-0.2, -0.15) is 0 Å². The van der Waals surface area contributed by atoms with E-state index in [0.29, 0.717) is 15.6 Å². The summed E-state index contributed by atoms with van der Waals surface area (Å²) in [6.07, 6.45) is -2.97. The van der Waals surface area contributed by atoms with Gasteiger partial charge in [0.2, 0.25) is 5.95 Å². The van der Waals surface area contributed by atoms with Crippen molar-refractivity contribution in [3.63, 3.8) is 0 Å². The molecular formula is C7H8N3O2S7-. The maximum Gasteiger partial charge on any atom is 0.413 e. The molecule has 1 aromatic heterocycles. The van der Waals surface area contributed by atoms with Crippen LogP contribution in [0.2, 0.25) is 0 Å². The topological polar surface area (TPSA) is 64.1 Å². The maximum atomic E-state index is 11.2. The summed E-state index contributed by atoms with van der Waals surface area (Å²) in [4.78, 5) is 19.9. The Morgan fingerprint density at radius 3 is 2.42 bits per heavy atom. The fourth-order valence-corrected chi connectivity index (χ4v) is 5.92. The molecule has 1 N–H and O–H groups in total. The zero-order valence-electron chi connectivity index (χ0n) is 9.61. The molecule has 0 bridgehead atoms. The Kier molecular flexibility index (Phi) is 6.23. The lowest BCUT2D eigenvalue weighted by Gasteiger charge is -2.17. The molecule has 0 saturated heterocycles. The summed E-state index contributed by atoms with van der Waals surface area (Å²) in [6.45, 7) is 1.70. The smallest absolute Gasteiger partial charge is 0.413 e. The van der Waals surface area contributed by atoms with Crippen LogP contribution in [0.5, 0.6) is 0 Å². The molecule has 0 unspecified atom stereocenters. The van der Waals surface area contributed by atoms with Crippen molar-refractivity contribution >= 4 is 82.6 Å². The molecule has 0 radical (unpaired) electrons. The van der Waals surface area contributed by atoms with Gasteiger partial charge in [0.25, 0.3) is 0 Å². The SMILES string of the molecule is COC(=O)Nc1nc(C)c([S-](=S)=S)c(S(=S)(=S)S)n1. The summed E-state index contributed by atoms with van der Waals surface area (Å²) in [5.41, 5.74) is 0.533. The Labute approximate surface area is 136 Å². The van der Waals surface area contributed by atoms with Gasteiger partial charge in [-0.25, -0.2) is 14.8 Å². The van der Waals surface area contributed by atoms with Crippen molar-refractivity contribution in [2.24, 2.45) is 0 Å². The number of nitrogens with one attached hydrogen (secondary N) is 1. The average molecular weight is 391 g/mol. The van der Waals surface area contributed by atoms with Crippen molar-refractivity contribution in [2.45, 2.75) is 16.8 Å². The predicted octanol–water partition coefficient (Wildman–Crippen LogP) is 1.15. The highest BCUT2D eigenvalue weighted by Crippen LogP contribution is 2.23. The first kappa shape index (κ1) is 17.3. The van der Waals surface area contributed by atoms with Crippen LogP contribution >= 0.6 is 11.7 Å². The summed E-state index contributed by atoms with van der Waals surface area (Å²) in [7, 11) is 0.297. The Bertz CT molecular complexity index is 687. The van der Waals surface area contributed by atoms with Gasteiger partial charge in [0.15, 0.2) is 0 Å². The number of nitrogens with zero attached hydrogens (tertiary/aromatic N) is 2. The second-order valence-electron chi connectivity index (χ2n) is 3.09. The van der Waals surface area contributed by atoms with Gasteiger partial charge in [0, 0.05) is 11.9 Å². The highest BCUT2D eigenvalue weighted by molar-refractivity contribution is 8.92. The van der Waals surface area contributed by atoms with E-state index >= 15 is 0 Å². The van der Waals surface area contributed by atoms with Crippen molar-refractivity contribution in [3.8, 4) is 0 Å². The third-order valence-corrected chi connectivity index (χ3v) is 6.02. The minimum Gasteiger partial charge on any atom is -0.453 e. The number of anilines is 1. The molecule has 0 saturated carbocycles. The minimum absolute atomic E-state index is 0.0409. The van der Waals surface area contributed by atoms with Crippen LogP contribution in [-0.2, 0) is 63.7 Å². The van der Waals surface area contributed by atoms with E-state index in [1.165, 1.54) is 7.11 Å². The predicted molar refractivity (Wildman–Crippen MR) is 92.5 cm³/mol. The molecule has 1 aromatic rings. The van der Waals surface area contributed by atoms with E-state index in [9.17, 15) is 4.79 Å². The number of carbonyl (C=O) groups is 1. The molecule has 1 heterocycles. The Hall–Kier alpha value is 0.280. The zero-order chi connectivity index (χ0) is 14.8. The molecule has 5 nitrogen and oxygen atoms in total. The summed E-state index contributed by atoms with van der Waals surface area (Å²) < 4.78 is 4.46. The molecule has 0 aliphatic heterocycles. The Morgan fingerprint density at radius 2 is 2.00 bits per heavy atom. The molecule has 0 aliphatic rings. The van der Waals surface area contributed by atoms with Crippen LogP contribution in [0.15, 0.2) is 9.92 Å². The number of carbonyl (C=O) groups excluding carboxylic acids is 1. The summed E-state index contributed by atoms with van der Waals surface area (Å²) >= 11 is 24.7. The molecule has 19 heavy (non-hydrogen) atoms. The third-order valence-electron chi connectivity index (χ3n) is 1.81. The molecule has 12 heteroatoms. The quantitative estimate of drug-likeness (QED) is 0.345. The van der Waals surface area contributed by atoms with Gasteiger partial charge in [0.05, 0.1) is 7.11 Å². The zero-order valence-corrected chi connectivity index (χ0v) is 15.4. The first-order valence-electron chi connectivity index (χ1n) is 4.47. The van der Waals surface area contributed by atoms with Crippen molar-refractivity contribution in [2.75, 3.05) is 12.4 Å². The maximum absolute atomic E-state index is 11.2. The number of hydrogen-bond donors (Lipinski definition) is 2. The molecule has 0 aromatic carbocycles. The highest BCUT2D eigenvalue weighted by atomic mass is 33.5. The van der Waals surface area contributed by atoms with Gasteiger partial charge in [0.1, 0.15) is 5.03 Å². The van der Waals surface area contributed by atoms with Crippen molar-refractivity contribution in [1.29, 1.82) is 0 Å². The lowest BCUT2D eigenvalue weighted by atomic mass is 10.4. The number of methoxy groups -OCH3 is 1. The third kappa shape index (κ3) is 4.65. The van der Waals surface area contributed by atoms with Gasteiger partial charge in [-0.1, -0.05) is 16.6 Å². The van der Waals surface area contributed by atoms with Crippen LogP contribution < -0.4 is 5.32 Å².